The van der Waals surface area contributed by atoms with Crippen molar-refractivity contribution < 1.29 is 4.39 Å². The Balaban J connectivity index is 2.33. The largest absolute Gasteiger partial charge is 0.340 e. The molecule has 2 aromatic rings. The Morgan fingerprint density at radius 2 is 2.16 bits per heavy atom. The first-order valence-electron chi connectivity index (χ1n) is 6.55. The molecule has 0 aliphatic carbocycles. The lowest BCUT2D eigenvalue weighted by atomic mass is 9.97. The average Bonchev–Trinajstić information content (AvgIpc) is 2.83. The van der Waals surface area contributed by atoms with E-state index in [1.54, 1.807) is 19.2 Å². The van der Waals surface area contributed by atoms with Crippen LogP contribution in [0.25, 0.3) is 11.3 Å². The summed E-state index contributed by atoms with van der Waals surface area (Å²) in [6, 6.07) is 5.16. The molecule has 0 amide bonds. The summed E-state index contributed by atoms with van der Waals surface area (Å²) in [4.78, 5) is 7.53. The molecular formula is C15H20FN3. The van der Waals surface area contributed by atoms with Gasteiger partial charge in [0.2, 0.25) is 0 Å². The number of aromatic amines is 1. The number of aryl methyl sites for hydroxylation is 1. The minimum Gasteiger partial charge on any atom is -0.340 e. The average molecular weight is 261 g/mol. The van der Waals surface area contributed by atoms with Gasteiger partial charge in [0.1, 0.15) is 11.6 Å². The molecule has 0 saturated heterocycles. The summed E-state index contributed by atoms with van der Waals surface area (Å²) >= 11 is 0. The number of rotatable bonds is 4. The number of aromatic nitrogens is 2. The highest BCUT2D eigenvalue weighted by atomic mass is 19.1. The summed E-state index contributed by atoms with van der Waals surface area (Å²) in [6.45, 7) is 5.79. The maximum absolute atomic E-state index is 13.6. The molecule has 0 aliphatic heterocycles. The van der Waals surface area contributed by atoms with Crippen molar-refractivity contribution in [1.29, 1.82) is 0 Å². The molecule has 0 bridgehead atoms. The number of halogens is 1. The number of H-pyrrole nitrogens is 1. The lowest BCUT2D eigenvalue weighted by Crippen LogP contribution is -2.34. The molecule has 0 radical (unpaired) electrons. The standard InChI is InChI=1S/C15H20FN3/c1-4-7-15(3,17)14-18-9-13(19-14)11-6-5-10(2)12(16)8-11/h5-6,8-9H,4,7,17H2,1-3H3,(H,18,19). The third kappa shape index (κ3) is 2.84. The van der Waals surface area contributed by atoms with E-state index in [2.05, 4.69) is 16.9 Å². The van der Waals surface area contributed by atoms with Gasteiger partial charge >= 0.3 is 0 Å². The molecule has 0 aliphatic rings. The molecule has 0 spiro atoms. The number of nitrogens with one attached hydrogen (secondary N) is 1. The Labute approximate surface area is 113 Å². The van der Waals surface area contributed by atoms with Gasteiger partial charge in [0.25, 0.3) is 0 Å². The van der Waals surface area contributed by atoms with Gasteiger partial charge in [0.15, 0.2) is 0 Å². The summed E-state index contributed by atoms with van der Waals surface area (Å²) in [6.07, 6.45) is 3.55. The van der Waals surface area contributed by atoms with Crippen LogP contribution in [0.15, 0.2) is 24.4 Å². The fourth-order valence-corrected chi connectivity index (χ4v) is 2.16. The van der Waals surface area contributed by atoms with Crippen LogP contribution in [0.2, 0.25) is 0 Å². The fraction of sp³-hybridized carbons (Fsp3) is 0.400. The molecule has 2 rings (SSSR count). The van der Waals surface area contributed by atoms with Crippen molar-refractivity contribution in [2.45, 2.75) is 39.2 Å². The van der Waals surface area contributed by atoms with Crippen LogP contribution in [0.3, 0.4) is 0 Å². The van der Waals surface area contributed by atoms with E-state index in [9.17, 15) is 4.39 Å². The maximum atomic E-state index is 13.6. The summed E-state index contributed by atoms with van der Waals surface area (Å²) < 4.78 is 13.6. The SMILES string of the molecule is CCCC(C)(N)c1ncc(-c2ccc(C)c(F)c2)[nH]1. The zero-order valence-electron chi connectivity index (χ0n) is 11.6. The van der Waals surface area contributed by atoms with Crippen LogP contribution in [-0.2, 0) is 5.54 Å². The van der Waals surface area contributed by atoms with Crippen molar-refractivity contribution in [2.75, 3.05) is 0 Å². The maximum Gasteiger partial charge on any atom is 0.126 e. The highest BCUT2D eigenvalue weighted by Gasteiger charge is 2.23. The molecule has 3 nitrogen and oxygen atoms in total. The topological polar surface area (TPSA) is 54.7 Å². The number of nitrogens with zero attached hydrogens (tertiary/aromatic N) is 1. The van der Waals surface area contributed by atoms with Crippen molar-refractivity contribution in [1.82, 2.24) is 9.97 Å². The first kappa shape index (κ1) is 13.7. The minimum absolute atomic E-state index is 0.210. The molecule has 1 atom stereocenters. The monoisotopic (exact) mass is 261 g/mol. The highest BCUT2D eigenvalue weighted by molar-refractivity contribution is 5.59. The molecule has 1 unspecified atom stereocenters. The second kappa shape index (κ2) is 5.13. The number of imidazole rings is 1. The van der Waals surface area contributed by atoms with Crippen LogP contribution in [0.1, 0.15) is 38.1 Å². The van der Waals surface area contributed by atoms with Gasteiger partial charge in [-0.25, -0.2) is 9.37 Å². The van der Waals surface area contributed by atoms with Crippen LogP contribution in [0.4, 0.5) is 4.39 Å². The molecule has 3 N–H and O–H groups in total. The predicted octanol–water partition coefficient (Wildman–Crippen LogP) is 3.50. The third-order valence-corrected chi connectivity index (χ3v) is 3.37. The van der Waals surface area contributed by atoms with Crippen molar-refractivity contribution in [3.63, 3.8) is 0 Å². The van der Waals surface area contributed by atoms with Crippen molar-refractivity contribution >= 4 is 0 Å². The summed E-state index contributed by atoms with van der Waals surface area (Å²) in [5.74, 6) is 0.531. The van der Waals surface area contributed by atoms with Crippen LogP contribution >= 0.6 is 0 Å². The van der Waals surface area contributed by atoms with E-state index in [0.717, 1.165) is 29.9 Å². The summed E-state index contributed by atoms with van der Waals surface area (Å²) in [7, 11) is 0. The van der Waals surface area contributed by atoms with E-state index in [1.807, 2.05) is 13.0 Å². The lowest BCUT2D eigenvalue weighted by molar-refractivity contribution is 0.423. The Kier molecular flexibility index (Phi) is 3.71. The van der Waals surface area contributed by atoms with Gasteiger partial charge < -0.3 is 10.7 Å². The van der Waals surface area contributed by atoms with E-state index in [0.29, 0.717) is 5.56 Å². The smallest absolute Gasteiger partial charge is 0.126 e. The van der Waals surface area contributed by atoms with E-state index in [-0.39, 0.29) is 5.82 Å². The van der Waals surface area contributed by atoms with E-state index < -0.39 is 5.54 Å². The predicted molar refractivity (Wildman–Crippen MR) is 75.2 cm³/mol. The summed E-state index contributed by atoms with van der Waals surface area (Å²) in [5.41, 5.74) is 7.97. The van der Waals surface area contributed by atoms with Crippen LogP contribution < -0.4 is 5.73 Å². The molecule has 0 fully saturated rings. The molecule has 102 valence electrons. The lowest BCUT2D eigenvalue weighted by Gasteiger charge is -2.21. The van der Waals surface area contributed by atoms with Crippen molar-refractivity contribution in [2.24, 2.45) is 5.73 Å². The fourth-order valence-electron chi connectivity index (χ4n) is 2.16. The van der Waals surface area contributed by atoms with Crippen LogP contribution in [0, 0.1) is 12.7 Å². The zero-order valence-corrected chi connectivity index (χ0v) is 11.6. The zero-order chi connectivity index (χ0) is 14.0. The van der Waals surface area contributed by atoms with Crippen molar-refractivity contribution in [3.8, 4) is 11.3 Å². The number of nitrogens with two attached hydrogens (primary N) is 1. The van der Waals surface area contributed by atoms with Gasteiger partial charge in [-0.3, -0.25) is 0 Å². The second-order valence-corrected chi connectivity index (χ2v) is 5.28. The normalized spacial score (nSPS) is 14.4. The molecule has 19 heavy (non-hydrogen) atoms. The van der Waals surface area contributed by atoms with Crippen LogP contribution in [0.5, 0.6) is 0 Å². The van der Waals surface area contributed by atoms with E-state index in [4.69, 9.17) is 5.73 Å². The quantitative estimate of drug-likeness (QED) is 0.885. The van der Waals surface area contributed by atoms with Crippen molar-refractivity contribution in [3.05, 3.63) is 41.6 Å². The first-order chi connectivity index (χ1) is 8.94. The molecule has 1 aromatic heterocycles. The minimum atomic E-state index is -0.476. The van der Waals surface area contributed by atoms with Gasteiger partial charge in [-0.15, -0.1) is 0 Å². The van der Waals surface area contributed by atoms with Gasteiger partial charge in [0, 0.05) is 5.56 Å². The second-order valence-electron chi connectivity index (χ2n) is 5.28. The van der Waals surface area contributed by atoms with Gasteiger partial charge in [0.05, 0.1) is 17.4 Å². The molecular weight excluding hydrogens is 241 g/mol. The Bertz CT molecular complexity index is 573. The molecule has 0 saturated carbocycles. The number of hydrogen-bond acceptors (Lipinski definition) is 2. The number of benzene rings is 1. The summed E-state index contributed by atoms with van der Waals surface area (Å²) in [5, 5.41) is 0. The van der Waals surface area contributed by atoms with Gasteiger partial charge in [-0.05, 0) is 31.9 Å². The van der Waals surface area contributed by atoms with E-state index in [1.165, 1.54) is 6.07 Å². The third-order valence-electron chi connectivity index (χ3n) is 3.37. The molecule has 4 heteroatoms. The van der Waals surface area contributed by atoms with E-state index >= 15 is 0 Å². The Morgan fingerprint density at radius 3 is 2.79 bits per heavy atom. The highest BCUT2D eigenvalue weighted by Crippen LogP contribution is 2.25. The molecule has 1 heterocycles. The van der Waals surface area contributed by atoms with Crippen LogP contribution in [-0.4, -0.2) is 9.97 Å². The van der Waals surface area contributed by atoms with Gasteiger partial charge in [-0.2, -0.15) is 0 Å². The number of hydrogen-bond donors (Lipinski definition) is 2. The Morgan fingerprint density at radius 1 is 1.42 bits per heavy atom. The van der Waals surface area contributed by atoms with Gasteiger partial charge in [-0.1, -0.05) is 25.5 Å². The first-order valence-corrected chi connectivity index (χ1v) is 6.55. The Hall–Kier alpha value is -1.68. The molecule has 1 aromatic carbocycles.